The molecule has 0 saturated heterocycles. The molecule has 0 saturated carbocycles. The van der Waals surface area contributed by atoms with E-state index in [4.69, 9.17) is 0 Å². The average molecular weight is 261 g/mol. The highest BCUT2D eigenvalue weighted by Gasteiger charge is 2.04. The molecule has 2 amide bonds. The van der Waals surface area contributed by atoms with Crippen molar-refractivity contribution in [2.24, 2.45) is 0 Å². The number of aromatic nitrogens is 1. The third-order valence-corrected chi connectivity index (χ3v) is 3.18. The largest absolute Gasteiger partial charge is 0.325 e. The SMILES string of the molecule is CC(C)c1ccc(NC(=O)Nc2nccs2)cc1. The van der Waals surface area contributed by atoms with Crippen molar-refractivity contribution >= 4 is 28.2 Å². The van der Waals surface area contributed by atoms with Gasteiger partial charge in [0.2, 0.25) is 0 Å². The second kappa shape index (κ2) is 5.64. The highest BCUT2D eigenvalue weighted by molar-refractivity contribution is 7.13. The molecule has 0 atom stereocenters. The van der Waals surface area contributed by atoms with Gasteiger partial charge in [0.25, 0.3) is 0 Å². The summed E-state index contributed by atoms with van der Waals surface area (Å²) in [5.41, 5.74) is 2.02. The monoisotopic (exact) mass is 261 g/mol. The Balaban J connectivity index is 1.95. The summed E-state index contributed by atoms with van der Waals surface area (Å²) >= 11 is 1.39. The van der Waals surface area contributed by atoms with E-state index in [2.05, 4.69) is 29.5 Å². The molecule has 94 valence electrons. The van der Waals surface area contributed by atoms with Crippen LogP contribution in [0.5, 0.6) is 0 Å². The van der Waals surface area contributed by atoms with Crippen molar-refractivity contribution in [3.63, 3.8) is 0 Å². The number of rotatable bonds is 3. The van der Waals surface area contributed by atoms with Gasteiger partial charge in [0.1, 0.15) is 0 Å². The molecule has 0 aliphatic heterocycles. The number of thiazole rings is 1. The lowest BCUT2D eigenvalue weighted by Crippen LogP contribution is -2.19. The van der Waals surface area contributed by atoms with Gasteiger partial charge in [-0.25, -0.2) is 9.78 Å². The van der Waals surface area contributed by atoms with Crippen molar-refractivity contribution in [2.45, 2.75) is 19.8 Å². The lowest BCUT2D eigenvalue weighted by atomic mass is 10.0. The highest BCUT2D eigenvalue weighted by Crippen LogP contribution is 2.17. The van der Waals surface area contributed by atoms with Gasteiger partial charge in [-0.1, -0.05) is 26.0 Å². The third kappa shape index (κ3) is 3.30. The first-order valence-electron chi connectivity index (χ1n) is 5.72. The van der Waals surface area contributed by atoms with Crippen molar-refractivity contribution in [1.82, 2.24) is 4.98 Å². The average Bonchev–Trinajstić information content (AvgIpc) is 2.82. The van der Waals surface area contributed by atoms with E-state index in [9.17, 15) is 4.79 Å². The van der Waals surface area contributed by atoms with Gasteiger partial charge in [0.05, 0.1) is 0 Å². The Morgan fingerprint density at radius 2 is 1.94 bits per heavy atom. The molecule has 1 aromatic carbocycles. The Morgan fingerprint density at radius 3 is 2.50 bits per heavy atom. The van der Waals surface area contributed by atoms with Crippen molar-refractivity contribution in [1.29, 1.82) is 0 Å². The second-order valence-corrected chi connectivity index (χ2v) is 5.09. The first kappa shape index (κ1) is 12.6. The van der Waals surface area contributed by atoms with Crippen LogP contribution in [0.4, 0.5) is 15.6 Å². The summed E-state index contributed by atoms with van der Waals surface area (Å²) in [6.45, 7) is 4.27. The van der Waals surface area contributed by atoms with E-state index in [1.54, 1.807) is 6.20 Å². The van der Waals surface area contributed by atoms with Crippen LogP contribution in [0.1, 0.15) is 25.3 Å². The number of carbonyl (C=O) groups excluding carboxylic acids is 1. The lowest BCUT2D eigenvalue weighted by Gasteiger charge is -2.08. The number of carbonyl (C=O) groups is 1. The third-order valence-electron chi connectivity index (χ3n) is 2.49. The first-order chi connectivity index (χ1) is 8.65. The van der Waals surface area contributed by atoms with Gasteiger partial charge < -0.3 is 5.32 Å². The first-order valence-corrected chi connectivity index (χ1v) is 6.60. The van der Waals surface area contributed by atoms with Crippen molar-refractivity contribution in [2.75, 3.05) is 10.6 Å². The van der Waals surface area contributed by atoms with Crippen molar-refractivity contribution in [3.05, 3.63) is 41.4 Å². The van der Waals surface area contributed by atoms with Crippen LogP contribution in [0.25, 0.3) is 0 Å². The number of benzene rings is 1. The lowest BCUT2D eigenvalue weighted by molar-refractivity contribution is 0.262. The topological polar surface area (TPSA) is 54.0 Å². The quantitative estimate of drug-likeness (QED) is 0.880. The van der Waals surface area contributed by atoms with Gasteiger partial charge in [-0.3, -0.25) is 5.32 Å². The molecule has 1 heterocycles. The molecule has 2 aromatic rings. The summed E-state index contributed by atoms with van der Waals surface area (Å²) < 4.78 is 0. The molecular weight excluding hydrogens is 246 g/mol. The van der Waals surface area contributed by atoms with Crippen LogP contribution in [-0.2, 0) is 0 Å². The minimum atomic E-state index is -0.276. The highest BCUT2D eigenvalue weighted by atomic mass is 32.1. The zero-order chi connectivity index (χ0) is 13.0. The predicted octanol–water partition coefficient (Wildman–Crippen LogP) is 3.91. The molecule has 0 aliphatic carbocycles. The fraction of sp³-hybridized carbons (Fsp3) is 0.231. The van der Waals surface area contributed by atoms with Crippen LogP contribution in [0.2, 0.25) is 0 Å². The minimum Gasteiger partial charge on any atom is -0.308 e. The molecule has 0 radical (unpaired) electrons. The minimum absolute atomic E-state index is 0.276. The van der Waals surface area contributed by atoms with E-state index in [0.717, 1.165) is 5.69 Å². The summed E-state index contributed by atoms with van der Waals surface area (Å²) in [6, 6.07) is 7.56. The van der Waals surface area contributed by atoms with Crippen LogP contribution in [-0.4, -0.2) is 11.0 Å². The predicted molar refractivity (Wildman–Crippen MR) is 75.3 cm³/mol. The molecule has 0 bridgehead atoms. The summed E-state index contributed by atoms with van der Waals surface area (Å²) in [7, 11) is 0. The maximum Gasteiger partial charge on any atom is 0.325 e. The van der Waals surface area contributed by atoms with E-state index in [1.165, 1.54) is 16.9 Å². The van der Waals surface area contributed by atoms with Crippen LogP contribution >= 0.6 is 11.3 Å². The van der Waals surface area contributed by atoms with Gasteiger partial charge in [-0.05, 0) is 23.6 Å². The maximum atomic E-state index is 11.6. The Kier molecular flexibility index (Phi) is 3.94. The fourth-order valence-corrected chi connectivity index (χ4v) is 2.02. The molecule has 0 aliphatic rings. The zero-order valence-electron chi connectivity index (χ0n) is 10.3. The fourth-order valence-electron chi connectivity index (χ4n) is 1.50. The van der Waals surface area contributed by atoms with Gasteiger partial charge >= 0.3 is 6.03 Å². The normalized spacial score (nSPS) is 10.4. The van der Waals surface area contributed by atoms with Gasteiger partial charge in [0.15, 0.2) is 5.13 Å². The Labute approximate surface area is 110 Å². The summed E-state index contributed by atoms with van der Waals surface area (Å²) in [5.74, 6) is 0.489. The maximum absolute atomic E-state index is 11.6. The number of nitrogens with one attached hydrogen (secondary N) is 2. The number of nitrogens with zero attached hydrogens (tertiary/aromatic N) is 1. The molecule has 18 heavy (non-hydrogen) atoms. The van der Waals surface area contributed by atoms with Crippen molar-refractivity contribution in [3.8, 4) is 0 Å². The summed E-state index contributed by atoms with van der Waals surface area (Å²) in [5, 5.41) is 7.83. The van der Waals surface area contributed by atoms with E-state index >= 15 is 0 Å². The van der Waals surface area contributed by atoms with E-state index in [1.807, 2.05) is 29.6 Å². The van der Waals surface area contributed by atoms with Crippen LogP contribution in [0.15, 0.2) is 35.8 Å². The summed E-state index contributed by atoms with van der Waals surface area (Å²) in [6.07, 6.45) is 1.65. The molecule has 2 N–H and O–H groups in total. The van der Waals surface area contributed by atoms with E-state index in [-0.39, 0.29) is 6.03 Å². The second-order valence-electron chi connectivity index (χ2n) is 4.19. The summed E-state index contributed by atoms with van der Waals surface area (Å²) in [4.78, 5) is 15.6. The Morgan fingerprint density at radius 1 is 1.22 bits per heavy atom. The number of anilines is 2. The standard InChI is InChI=1S/C13H15N3OS/c1-9(2)10-3-5-11(6-4-10)15-12(17)16-13-14-7-8-18-13/h3-9H,1-2H3,(H2,14,15,16,17). The van der Waals surface area contributed by atoms with E-state index < -0.39 is 0 Å². The Hall–Kier alpha value is -1.88. The molecule has 0 spiro atoms. The molecule has 1 aromatic heterocycles. The van der Waals surface area contributed by atoms with E-state index in [0.29, 0.717) is 11.0 Å². The van der Waals surface area contributed by atoms with Crippen molar-refractivity contribution < 1.29 is 4.79 Å². The van der Waals surface area contributed by atoms with Gasteiger partial charge in [-0.15, -0.1) is 11.3 Å². The zero-order valence-corrected chi connectivity index (χ0v) is 11.1. The molecule has 2 rings (SSSR count). The molecule has 4 nitrogen and oxygen atoms in total. The molecule has 0 unspecified atom stereocenters. The molecule has 5 heteroatoms. The number of hydrogen-bond acceptors (Lipinski definition) is 3. The molecule has 0 fully saturated rings. The smallest absolute Gasteiger partial charge is 0.308 e. The number of amides is 2. The van der Waals surface area contributed by atoms with Crippen LogP contribution in [0.3, 0.4) is 0 Å². The Bertz CT molecular complexity index is 506. The van der Waals surface area contributed by atoms with Crippen LogP contribution < -0.4 is 10.6 Å². The van der Waals surface area contributed by atoms with Gasteiger partial charge in [0, 0.05) is 17.3 Å². The van der Waals surface area contributed by atoms with Gasteiger partial charge in [-0.2, -0.15) is 0 Å². The number of urea groups is 1. The number of hydrogen-bond donors (Lipinski definition) is 2. The van der Waals surface area contributed by atoms with Crippen LogP contribution in [0, 0.1) is 0 Å². The molecular formula is C13H15N3OS.